The summed E-state index contributed by atoms with van der Waals surface area (Å²) in [6.45, 7) is 2.66. The highest BCUT2D eigenvalue weighted by Gasteiger charge is 2.41. The van der Waals surface area contributed by atoms with Crippen molar-refractivity contribution in [3.63, 3.8) is 0 Å². The van der Waals surface area contributed by atoms with Crippen LogP contribution in [0, 0.1) is 11.8 Å². The number of nitrogens with one attached hydrogen (secondary N) is 2. The predicted octanol–water partition coefficient (Wildman–Crippen LogP) is 2.71. The lowest BCUT2D eigenvalue weighted by atomic mass is 10.0. The van der Waals surface area contributed by atoms with Gasteiger partial charge in [0, 0.05) is 37.8 Å². The summed E-state index contributed by atoms with van der Waals surface area (Å²) in [6.07, 6.45) is 1.09. The number of amides is 1. The first-order valence-corrected chi connectivity index (χ1v) is 11.8. The van der Waals surface area contributed by atoms with Crippen LogP contribution >= 0.6 is 0 Å². The van der Waals surface area contributed by atoms with E-state index in [9.17, 15) is 13.6 Å². The number of aromatic nitrogens is 7. The van der Waals surface area contributed by atoms with E-state index in [2.05, 4.69) is 35.6 Å². The van der Waals surface area contributed by atoms with Gasteiger partial charge in [0.1, 0.15) is 17.7 Å². The van der Waals surface area contributed by atoms with Crippen molar-refractivity contribution in [3.05, 3.63) is 18.3 Å². The van der Waals surface area contributed by atoms with Crippen LogP contribution in [0.4, 0.5) is 14.7 Å². The van der Waals surface area contributed by atoms with Crippen LogP contribution < -0.4 is 10.1 Å². The summed E-state index contributed by atoms with van der Waals surface area (Å²) in [5.41, 5.74) is 2.49. The number of carbonyl (C=O) groups excluding carboxylic acids is 1. The van der Waals surface area contributed by atoms with Crippen LogP contribution in [0.15, 0.2) is 18.3 Å². The Morgan fingerprint density at radius 3 is 2.69 bits per heavy atom. The third kappa shape index (κ3) is 3.88. The molecule has 188 valence electrons. The van der Waals surface area contributed by atoms with Crippen molar-refractivity contribution < 1.29 is 18.3 Å². The summed E-state index contributed by atoms with van der Waals surface area (Å²) < 4.78 is 32.6. The molecule has 2 fully saturated rings. The Labute approximate surface area is 204 Å². The van der Waals surface area contributed by atoms with Crippen LogP contribution in [-0.2, 0) is 11.3 Å². The molecule has 5 heterocycles. The van der Waals surface area contributed by atoms with E-state index < -0.39 is 13.0 Å². The molecule has 1 aliphatic heterocycles. The molecular weight excluding hydrogens is 472 g/mol. The van der Waals surface area contributed by atoms with Gasteiger partial charge in [0.2, 0.25) is 17.7 Å². The number of fused-ring (bicyclic) bond motifs is 3. The van der Waals surface area contributed by atoms with E-state index in [-0.39, 0.29) is 17.6 Å². The molecule has 13 heteroatoms. The fraction of sp³-hybridized carbons (Fsp3) is 0.478. The van der Waals surface area contributed by atoms with E-state index in [1.165, 1.54) is 7.11 Å². The number of hydrogen-bond donors (Lipinski definition) is 2. The maximum Gasteiger partial charge on any atom is 0.258 e. The quantitative estimate of drug-likeness (QED) is 0.416. The minimum Gasteiger partial charge on any atom is -0.480 e. The van der Waals surface area contributed by atoms with Crippen molar-refractivity contribution in [2.45, 2.75) is 38.8 Å². The first-order valence-electron chi connectivity index (χ1n) is 11.8. The van der Waals surface area contributed by atoms with Gasteiger partial charge in [-0.25, -0.2) is 18.4 Å². The predicted molar refractivity (Wildman–Crippen MR) is 127 cm³/mol. The number of nitrogens with zero attached hydrogens (tertiary/aromatic N) is 7. The molecule has 0 bridgehead atoms. The van der Waals surface area contributed by atoms with Gasteiger partial charge in [-0.15, -0.1) is 5.10 Å². The van der Waals surface area contributed by atoms with E-state index >= 15 is 0 Å². The van der Waals surface area contributed by atoms with Gasteiger partial charge < -0.3 is 19.9 Å². The Morgan fingerprint density at radius 2 is 2.00 bits per heavy atom. The highest BCUT2D eigenvalue weighted by atomic mass is 19.3. The fourth-order valence-electron chi connectivity index (χ4n) is 5.53. The third-order valence-corrected chi connectivity index (χ3v) is 7.17. The van der Waals surface area contributed by atoms with Crippen molar-refractivity contribution in [2.24, 2.45) is 11.8 Å². The number of alkyl halides is 2. The van der Waals surface area contributed by atoms with Crippen LogP contribution in [-0.4, -0.2) is 78.4 Å². The number of hydrogen-bond acceptors (Lipinski definition) is 8. The van der Waals surface area contributed by atoms with Gasteiger partial charge >= 0.3 is 0 Å². The molecule has 0 radical (unpaired) electrons. The number of anilines is 1. The zero-order valence-electron chi connectivity index (χ0n) is 19.8. The van der Waals surface area contributed by atoms with Crippen LogP contribution in [0.2, 0.25) is 0 Å². The van der Waals surface area contributed by atoms with E-state index in [0.717, 1.165) is 30.6 Å². The monoisotopic (exact) mass is 497 g/mol. The van der Waals surface area contributed by atoms with E-state index in [1.54, 1.807) is 25.3 Å². The molecule has 11 nitrogen and oxygen atoms in total. The number of rotatable bonds is 6. The molecule has 0 aromatic carbocycles. The fourth-order valence-corrected chi connectivity index (χ4v) is 5.53. The number of H-pyrrole nitrogens is 1. The highest BCUT2D eigenvalue weighted by molar-refractivity contribution is 5.97. The van der Waals surface area contributed by atoms with Crippen LogP contribution in [0.3, 0.4) is 0 Å². The maximum absolute atomic E-state index is 12.9. The Hall–Kier alpha value is -3.90. The molecule has 1 aliphatic carbocycles. The lowest BCUT2D eigenvalue weighted by molar-refractivity contribution is -0.128. The number of aromatic amines is 1. The van der Waals surface area contributed by atoms with Crippen molar-refractivity contribution in [1.82, 2.24) is 39.8 Å². The van der Waals surface area contributed by atoms with E-state index in [4.69, 9.17) is 4.74 Å². The van der Waals surface area contributed by atoms with Gasteiger partial charge in [-0.2, -0.15) is 9.97 Å². The first kappa shape index (κ1) is 22.6. The van der Waals surface area contributed by atoms with Gasteiger partial charge in [-0.1, -0.05) is 5.21 Å². The van der Waals surface area contributed by atoms with Gasteiger partial charge in [-0.05, 0) is 36.8 Å². The van der Waals surface area contributed by atoms with Crippen molar-refractivity contribution >= 4 is 34.1 Å². The topological polar surface area (TPSA) is 127 Å². The number of carbonyl (C=O) groups is 1. The molecule has 1 amide bonds. The lowest BCUT2D eigenvalue weighted by Crippen LogP contribution is -2.29. The van der Waals surface area contributed by atoms with Gasteiger partial charge in [0.05, 0.1) is 18.2 Å². The minimum atomic E-state index is -2.57. The Balaban J connectivity index is 1.28. The molecular formula is C23H25F2N9O2. The van der Waals surface area contributed by atoms with Gasteiger partial charge in [-0.3, -0.25) is 4.79 Å². The normalized spacial score (nSPS) is 21.6. The molecule has 36 heavy (non-hydrogen) atoms. The number of methoxy groups -OCH3 is 1. The zero-order valence-corrected chi connectivity index (χ0v) is 19.8. The molecule has 6 rings (SSSR count). The number of pyridine rings is 1. The Bertz CT molecular complexity index is 1440. The van der Waals surface area contributed by atoms with Crippen LogP contribution in [0.5, 0.6) is 5.88 Å². The summed E-state index contributed by atoms with van der Waals surface area (Å²) in [7, 11) is 1.54. The molecule has 0 unspecified atom stereocenters. The van der Waals surface area contributed by atoms with Crippen molar-refractivity contribution in [2.75, 3.05) is 25.5 Å². The van der Waals surface area contributed by atoms with Crippen molar-refractivity contribution in [3.8, 4) is 17.1 Å². The van der Waals surface area contributed by atoms with Crippen LogP contribution in [0.1, 0.15) is 19.8 Å². The molecule has 1 saturated carbocycles. The molecule has 3 atom stereocenters. The lowest BCUT2D eigenvalue weighted by Gasteiger charge is -2.18. The number of likely N-dealkylation sites (tertiary alicyclic amines) is 1. The van der Waals surface area contributed by atoms with E-state index in [1.807, 2.05) is 4.90 Å². The smallest absolute Gasteiger partial charge is 0.258 e. The second kappa shape index (κ2) is 8.64. The SMILES string of the molecule is COc1nc(N[C@@H]2C[C@@H]3CN(C(C)=O)C[C@@H]3C2)nc2[nH]cc(-c3ccc4nnn(CC(F)F)c4n3)c12. The molecule has 0 spiro atoms. The maximum atomic E-state index is 12.9. The molecule has 2 aliphatic rings. The third-order valence-electron chi connectivity index (χ3n) is 7.17. The average molecular weight is 498 g/mol. The molecule has 2 N–H and O–H groups in total. The minimum absolute atomic E-state index is 0.137. The first-order chi connectivity index (χ1) is 17.4. The van der Waals surface area contributed by atoms with Gasteiger partial charge in [0.25, 0.3) is 6.43 Å². The molecule has 1 saturated heterocycles. The second-order valence-corrected chi connectivity index (χ2v) is 9.44. The summed E-state index contributed by atoms with van der Waals surface area (Å²) >= 11 is 0. The van der Waals surface area contributed by atoms with Gasteiger partial charge in [0.15, 0.2) is 5.65 Å². The van der Waals surface area contributed by atoms with Crippen LogP contribution in [0.25, 0.3) is 33.5 Å². The zero-order chi connectivity index (χ0) is 25.0. The molecule has 4 aromatic heterocycles. The second-order valence-electron chi connectivity index (χ2n) is 9.44. The molecule has 4 aromatic rings. The summed E-state index contributed by atoms with van der Waals surface area (Å²) in [5, 5.41) is 11.8. The van der Waals surface area contributed by atoms with E-state index in [0.29, 0.717) is 51.5 Å². The summed E-state index contributed by atoms with van der Waals surface area (Å²) in [4.78, 5) is 30.6. The standard InChI is InChI=1S/C23H25F2N9O2/c1-11(35)33-8-12-5-14(6-13(12)9-33)27-23-29-20-19(22(30-23)36-2)15(7-26-20)16-3-4-17-21(28-16)34(32-31-17)10-18(24)25/h3-4,7,12-14,18H,5-6,8-10H2,1-2H3,(H2,26,27,29,30)/t12-,13+,14-. The number of halogens is 2. The number of ether oxygens (including phenoxy) is 1. The average Bonchev–Trinajstić information content (AvgIpc) is 3.60. The Kier molecular flexibility index (Phi) is 5.41. The highest BCUT2D eigenvalue weighted by Crippen LogP contribution is 2.40. The van der Waals surface area contributed by atoms with Crippen molar-refractivity contribution in [1.29, 1.82) is 0 Å². The largest absolute Gasteiger partial charge is 0.480 e. The Morgan fingerprint density at radius 1 is 1.22 bits per heavy atom. The summed E-state index contributed by atoms with van der Waals surface area (Å²) in [5.74, 6) is 1.95. The summed E-state index contributed by atoms with van der Waals surface area (Å²) in [6, 6.07) is 3.66.